The molecule has 0 amide bonds. The third kappa shape index (κ3) is 6.84. The monoisotopic (exact) mass is 625 g/mol. The van der Waals surface area contributed by atoms with E-state index in [4.69, 9.17) is 5.73 Å². The first kappa shape index (κ1) is 30.7. The van der Waals surface area contributed by atoms with Gasteiger partial charge in [0.15, 0.2) is 0 Å². The van der Waals surface area contributed by atoms with Crippen molar-refractivity contribution in [2.45, 2.75) is 51.5 Å². The first-order valence-electron chi connectivity index (χ1n) is 15.2. The van der Waals surface area contributed by atoms with Crippen LogP contribution in [0.1, 0.15) is 34.5 Å². The summed E-state index contributed by atoms with van der Waals surface area (Å²) >= 11 is 1.07. The number of aryl methyl sites for hydroxylation is 1. The summed E-state index contributed by atoms with van der Waals surface area (Å²) in [5.41, 5.74) is 10.1. The van der Waals surface area contributed by atoms with E-state index in [1.54, 1.807) is 6.07 Å². The second-order valence-electron chi connectivity index (χ2n) is 11.9. The average Bonchev–Trinajstić information content (AvgIpc) is 3.59. The Balaban J connectivity index is 1.07. The molecule has 2 saturated heterocycles. The van der Waals surface area contributed by atoms with E-state index in [1.165, 1.54) is 17.5 Å². The third-order valence-corrected chi connectivity index (χ3v) is 10.1. The summed E-state index contributed by atoms with van der Waals surface area (Å²) in [7, 11) is 0. The van der Waals surface area contributed by atoms with Gasteiger partial charge < -0.3 is 15.6 Å². The van der Waals surface area contributed by atoms with Crippen LogP contribution in [0.2, 0.25) is 0 Å². The van der Waals surface area contributed by atoms with Crippen molar-refractivity contribution in [3.8, 4) is 6.07 Å². The molecule has 9 nitrogen and oxygen atoms in total. The predicted molar refractivity (Wildman–Crippen MR) is 168 cm³/mol. The fourth-order valence-corrected chi connectivity index (χ4v) is 7.46. The maximum absolute atomic E-state index is 12.9. The summed E-state index contributed by atoms with van der Waals surface area (Å²) in [6, 6.07) is 10.6. The molecule has 13 heteroatoms. The molecule has 3 N–H and O–H groups in total. The van der Waals surface area contributed by atoms with E-state index in [0.29, 0.717) is 28.4 Å². The number of thiophene rings is 1. The molecule has 4 aromatic rings. The largest absolute Gasteiger partial charge is 0.393 e. The summed E-state index contributed by atoms with van der Waals surface area (Å²) in [4.78, 5) is 16.5. The fourth-order valence-electron chi connectivity index (χ4n) is 6.44. The highest BCUT2D eigenvalue weighted by Gasteiger charge is 2.29. The topological polar surface area (TPSA) is 102 Å². The zero-order valence-electron chi connectivity index (χ0n) is 24.9. The SMILES string of the molecule is Cc1c(CN2CCC(Nc3ncnc4sc(CC(F)(F)F)cc34)CC2)ccc2c1cc(C#N)n2CCN1CCN(CN)CC1. The maximum atomic E-state index is 12.9. The Labute approximate surface area is 259 Å². The van der Waals surface area contributed by atoms with Gasteiger partial charge in [0.1, 0.15) is 28.7 Å². The molecule has 2 aliphatic heterocycles. The third-order valence-electron chi connectivity index (χ3n) is 9.02. The zero-order valence-corrected chi connectivity index (χ0v) is 25.7. The standard InChI is InChI=1S/C31H38F3N9S/c1-21-22(2-3-28-26(21)14-24(17-35)43(28)13-12-40-8-10-42(19-36)11-9-40)18-41-6-4-23(5-7-41)39-29-27-15-25(16-31(32,33)34)44-30(27)38-20-37-29/h2-3,14-15,20,23H,4-13,16,18-19,36H2,1H3,(H,37,38,39). The molecule has 0 bridgehead atoms. The fraction of sp³-hybridized carbons (Fsp3) is 0.516. The molecule has 0 spiro atoms. The molecule has 6 rings (SSSR count). The van der Waals surface area contributed by atoms with Gasteiger partial charge in [-0.2, -0.15) is 18.4 Å². The predicted octanol–water partition coefficient (Wildman–Crippen LogP) is 4.54. The molecule has 5 heterocycles. The van der Waals surface area contributed by atoms with Crippen molar-refractivity contribution >= 4 is 38.3 Å². The number of nitriles is 1. The molecule has 1 aromatic carbocycles. The van der Waals surface area contributed by atoms with Crippen molar-refractivity contribution < 1.29 is 13.2 Å². The van der Waals surface area contributed by atoms with Crippen molar-refractivity contribution in [1.29, 1.82) is 5.26 Å². The number of hydrogen-bond donors (Lipinski definition) is 2. The van der Waals surface area contributed by atoms with Crippen molar-refractivity contribution in [2.24, 2.45) is 5.73 Å². The van der Waals surface area contributed by atoms with Crippen LogP contribution in [0.4, 0.5) is 19.0 Å². The van der Waals surface area contributed by atoms with Crippen molar-refractivity contribution in [1.82, 2.24) is 29.2 Å². The van der Waals surface area contributed by atoms with Crippen LogP contribution in [-0.2, 0) is 19.5 Å². The Hall–Kier alpha value is -3.28. The van der Waals surface area contributed by atoms with E-state index >= 15 is 0 Å². The summed E-state index contributed by atoms with van der Waals surface area (Å²) in [6.45, 7) is 11.0. The normalized spacial score (nSPS) is 17.9. The highest BCUT2D eigenvalue weighted by atomic mass is 32.1. The molecule has 0 unspecified atom stereocenters. The van der Waals surface area contributed by atoms with Gasteiger partial charge >= 0.3 is 6.18 Å². The number of piperidine rings is 1. The molecule has 3 aromatic heterocycles. The van der Waals surface area contributed by atoms with Crippen LogP contribution >= 0.6 is 11.3 Å². The molecule has 234 valence electrons. The highest BCUT2D eigenvalue weighted by Crippen LogP contribution is 2.33. The first-order chi connectivity index (χ1) is 21.2. The second-order valence-corrected chi connectivity index (χ2v) is 13.0. The second kappa shape index (κ2) is 13.0. The van der Waals surface area contributed by atoms with Crippen LogP contribution in [0, 0.1) is 18.3 Å². The zero-order chi connectivity index (χ0) is 30.8. The van der Waals surface area contributed by atoms with E-state index in [9.17, 15) is 18.4 Å². The van der Waals surface area contributed by atoms with Crippen molar-refractivity contribution in [3.63, 3.8) is 0 Å². The first-order valence-corrected chi connectivity index (χ1v) is 16.0. The molecule has 0 aliphatic carbocycles. The summed E-state index contributed by atoms with van der Waals surface area (Å²) in [6.07, 6.45) is -1.98. The van der Waals surface area contributed by atoms with Gasteiger partial charge in [-0.05, 0) is 49.1 Å². The van der Waals surface area contributed by atoms with Crippen molar-refractivity contribution in [3.05, 3.63) is 52.3 Å². The number of nitrogens with two attached hydrogens (primary N) is 1. The number of benzene rings is 1. The van der Waals surface area contributed by atoms with E-state index < -0.39 is 12.6 Å². The number of anilines is 1. The molecular weight excluding hydrogens is 587 g/mol. The van der Waals surface area contributed by atoms with Gasteiger partial charge in [-0.15, -0.1) is 11.3 Å². The van der Waals surface area contributed by atoms with Crippen LogP contribution in [0.25, 0.3) is 21.1 Å². The lowest BCUT2D eigenvalue weighted by Crippen LogP contribution is -2.48. The molecule has 0 saturated carbocycles. The number of alkyl halides is 3. The van der Waals surface area contributed by atoms with Gasteiger partial charge in [0.05, 0.1) is 11.8 Å². The number of nitrogens with zero attached hydrogens (tertiary/aromatic N) is 7. The maximum Gasteiger partial charge on any atom is 0.393 e. The minimum Gasteiger partial charge on any atom is -0.367 e. The number of likely N-dealkylation sites (tertiary alicyclic amines) is 1. The number of piperazine rings is 1. The van der Waals surface area contributed by atoms with Gasteiger partial charge in [0, 0.05) is 87.4 Å². The summed E-state index contributed by atoms with van der Waals surface area (Å²) in [5.74, 6) is 0.607. The molecule has 2 fully saturated rings. The van der Waals surface area contributed by atoms with Crippen LogP contribution < -0.4 is 11.1 Å². The lowest BCUT2D eigenvalue weighted by atomic mass is 10.0. The quantitative estimate of drug-likeness (QED) is 0.280. The number of aromatic nitrogens is 3. The van der Waals surface area contributed by atoms with Crippen LogP contribution in [0.15, 0.2) is 30.6 Å². The van der Waals surface area contributed by atoms with Gasteiger partial charge in [0.25, 0.3) is 0 Å². The molecular formula is C31H38F3N9S. The van der Waals surface area contributed by atoms with Gasteiger partial charge in [0.2, 0.25) is 0 Å². The van der Waals surface area contributed by atoms with Crippen LogP contribution in [0.5, 0.6) is 0 Å². The minimum absolute atomic E-state index is 0.185. The molecule has 44 heavy (non-hydrogen) atoms. The number of fused-ring (bicyclic) bond motifs is 2. The van der Waals surface area contributed by atoms with E-state index in [-0.39, 0.29) is 10.9 Å². The Morgan fingerprint density at radius 3 is 2.45 bits per heavy atom. The van der Waals surface area contributed by atoms with Crippen LogP contribution in [0.3, 0.4) is 0 Å². The van der Waals surface area contributed by atoms with E-state index in [0.717, 1.165) is 94.0 Å². The van der Waals surface area contributed by atoms with E-state index in [2.05, 4.69) is 59.7 Å². The number of hydrogen-bond acceptors (Lipinski definition) is 9. The summed E-state index contributed by atoms with van der Waals surface area (Å²) in [5, 5.41) is 15.2. The summed E-state index contributed by atoms with van der Waals surface area (Å²) < 4.78 is 40.9. The lowest BCUT2D eigenvalue weighted by Gasteiger charge is -2.34. The minimum atomic E-state index is -4.25. The Morgan fingerprint density at radius 2 is 1.75 bits per heavy atom. The number of nitrogens with one attached hydrogen (secondary N) is 1. The van der Waals surface area contributed by atoms with Gasteiger partial charge in [-0.1, -0.05) is 6.07 Å². The van der Waals surface area contributed by atoms with Gasteiger partial charge in [-0.3, -0.25) is 14.7 Å². The average molecular weight is 626 g/mol. The smallest absolute Gasteiger partial charge is 0.367 e. The Bertz CT molecular complexity index is 1640. The number of rotatable bonds is 9. The molecule has 2 aliphatic rings. The van der Waals surface area contributed by atoms with Crippen LogP contribution in [-0.4, -0.2) is 93.9 Å². The number of halogens is 3. The highest BCUT2D eigenvalue weighted by molar-refractivity contribution is 7.18. The van der Waals surface area contributed by atoms with Gasteiger partial charge in [-0.25, -0.2) is 9.97 Å². The Morgan fingerprint density at radius 1 is 1.00 bits per heavy atom. The van der Waals surface area contributed by atoms with E-state index in [1.807, 2.05) is 6.07 Å². The Kier molecular flexibility index (Phi) is 9.07. The molecule has 0 radical (unpaired) electrons. The molecule has 0 atom stereocenters. The lowest BCUT2D eigenvalue weighted by molar-refractivity contribution is -0.126. The van der Waals surface area contributed by atoms with Crippen molar-refractivity contribution in [2.75, 3.05) is 57.8 Å².